The van der Waals surface area contributed by atoms with Crippen LogP contribution in [0, 0.1) is 4.77 Å². The molecule has 1 heterocycles. The van der Waals surface area contributed by atoms with Crippen LogP contribution >= 0.6 is 23.8 Å². The second kappa shape index (κ2) is 6.76. The number of hydrogen-bond acceptors (Lipinski definition) is 3. The molecule has 0 saturated carbocycles. The fourth-order valence-electron chi connectivity index (χ4n) is 2.08. The van der Waals surface area contributed by atoms with Crippen LogP contribution in [-0.4, -0.2) is 20.7 Å². The van der Waals surface area contributed by atoms with E-state index in [1.54, 1.807) is 4.57 Å². The average Bonchev–Trinajstić information content (AvgIpc) is 2.85. The monoisotopic (exact) mass is 360 g/mol. The molecule has 0 fully saturated rings. The first-order valence-corrected chi connectivity index (χ1v) is 7.60. The Labute approximate surface area is 141 Å². The molecule has 0 aliphatic rings. The van der Waals surface area contributed by atoms with E-state index in [2.05, 4.69) is 15.5 Å². The molecular formula is C14H15ClF2N4OS. The topological polar surface area (TPSA) is 62.7 Å². The molecule has 0 bridgehead atoms. The van der Waals surface area contributed by atoms with E-state index in [4.69, 9.17) is 23.8 Å². The molecule has 23 heavy (non-hydrogen) atoms. The lowest BCUT2D eigenvalue weighted by atomic mass is 10.1. The first kappa shape index (κ1) is 17.6. The number of aromatic nitrogens is 3. The van der Waals surface area contributed by atoms with Crippen molar-refractivity contribution in [3.8, 4) is 0 Å². The molecule has 9 heteroatoms. The smallest absolute Gasteiger partial charge is 0.343 e. The highest BCUT2D eigenvalue weighted by Gasteiger charge is 2.40. The second-order valence-corrected chi connectivity index (χ2v) is 6.00. The van der Waals surface area contributed by atoms with Crippen LogP contribution < -0.4 is 5.32 Å². The van der Waals surface area contributed by atoms with Gasteiger partial charge in [0.1, 0.15) is 0 Å². The van der Waals surface area contributed by atoms with E-state index >= 15 is 0 Å². The third kappa shape index (κ3) is 3.76. The van der Waals surface area contributed by atoms with Crippen LogP contribution in [0.3, 0.4) is 0 Å². The van der Waals surface area contributed by atoms with Gasteiger partial charge in [-0.3, -0.25) is 9.89 Å². The Kier molecular flexibility index (Phi) is 5.16. The number of halogens is 3. The summed E-state index contributed by atoms with van der Waals surface area (Å²) in [5, 5.41) is 8.84. The maximum atomic E-state index is 14.2. The van der Waals surface area contributed by atoms with Crippen molar-refractivity contribution in [2.24, 2.45) is 0 Å². The maximum Gasteiger partial charge on any atom is 0.349 e. The van der Waals surface area contributed by atoms with E-state index in [9.17, 15) is 13.6 Å². The van der Waals surface area contributed by atoms with E-state index in [0.29, 0.717) is 10.6 Å². The van der Waals surface area contributed by atoms with Crippen LogP contribution in [0.4, 0.5) is 8.78 Å². The first-order valence-electron chi connectivity index (χ1n) is 6.81. The van der Waals surface area contributed by atoms with E-state index in [-0.39, 0.29) is 17.6 Å². The number of alkyl halides is 2. The van der Waals surface area contributed by atoms with Gasteiger partial charge < -0.3 is 9.88 Å². The van der Waals surface area contributed by atoms with Crippen LogP contribution in [0.15, 0.2) is 24.3 Å². The van der Waals surface area contributed by atoms with Crippen LogP contribution in [0.5, 0.6) is 0 Å². The molecule has 1 aromatic heterocycles. The SMILES string of the molecule is CC(C)n1c(CNC(=O)C(F)(F)c2cccc(Cl)c2)n[nH]c1=S. The summed E-state index contributed by atoms with van der Waals surface area (Å²) in [4.78, 5) is 11.9. The molecule has 124 valence electrons. The van der Waals surface area contributed by atoms with Gasteiger partial charge >= 0.3 is 5.92 Å². The van der Waals surface area contributed by atoms with E-state index in [1.165, 1.54) is 12.1 Å². The quantitative estimate of drug-likeness (QED) is 0.801. The number of aromatic amines is 1. The van der Waals surface area contributed by atoms with Gasteiger partial charge in [0.2, 0.25) is 0 Å². The normalized spacial score (nSPS) is 11.7. The molecule has 0 spiro atoms. The first-order chi connectivity index (χ1) is 10.7. The summed E-state index contributed by atoms with van der Waals surface area (Å²) >= 11 is 10.8. The minimum atomic E-state index is -3.69. The number of nitrogens with zero attached hydrogens (tertiary/aromatic N) is 2. The number of nitrogens with one attached hydrogen (secondary N) is 2. The lowest BCUT2D eigenvalue weighted by Gasteiger charge is -2.17. The van der Waals surface area contributed by atoms with Crippen LogP contribution in [0.25, 0.3) is 0 Å². The van der Waals surface area contributed by atoms with Crippen molar-refractivity contribution in [2.75, 3.05) is 0 Å². The van der Waals surface area contributed by atoms with E-state index in [1.807, 2.05) is 13.8 Å². The van der Waals surface area contributed by atoms with Crippen molar-refractivity contribution in [2.45, 2.75) is 32.4 Å². The molecule has 5 nitrogen and oxygen atoms in total. The lowest BCUT2D eigenvalue weighted by Crippen LogP contribution is -2.38. The highest BCUT2D eigenvalue weighted by molar-refractivity contribution is 7.71. The molecule has 2 rings (SSSR count). The lowest BCUT2D eigenvalue weighted by molar-refractivity contribution is -0.147. The number of carbonyl (C=O) groups excluding carboxylic acids is 1. The third-order valence-corrected chi connectivity index (χ3v) is 3.70. The summed E-state index contributed by atoms with van der Waals surface area (Å²) in [6.45, 7) is 3.58. The number of hydrogen-bond donors (Lipinski definition) is 2. The zero-order valence-corrected chi connectivity index (χ0v) is 14.0. The second-order valence-electron chi connectivity index (χ2n) is 5.18. The average molecular weight is 361 g/mol. The van der Waals surface area contributed by atoms with Crippen molar-refractivity contribution >= 4 is 29.7 Å². The molecule has 0 aliphatic heterocycles. The largest absolute Gasteiger partial charge is 0.349 e. The molecule has 1 amide bonds. The molecule has 2 N–H and O–H groups in total. The van der Waals surface area contributed by atoms with Gasteiger partial charge in [0.15, 0.2) is 10.6 Å². The van der Waals surface area contributed by atoms with Gasteiger partial charge in [-0.25, -0.2) is 0 Å². The van der Waals surface area contributed by atoms with Crippen LogP contribution in [0.1, 0.15) is 31.3 Å². The number of amides is 1. The summed E-state index contributed by atoms with van der Waals surface area (Å²) in [5.74, 6) is -4.75. The van der Waals surface area contributed by atoms with Crippen LogP contribution in [-0.2, 0) is 17.3 Å². The molecule has 2 aromatic rings. The highest BCUT2D eigenvalue weighted by Crippen LogP contribution is 2.29. The van der Waals surface area contributed by atoms with Gasteiger partial charge in [-0.2, -0.15) is 13.9 Å². The van der Waals surface area contributed by atoms with E-state index in [0.717, 1.165) is 12.1 Å². The minimum Gasteiger partial charge on any atom is -0.343 e. The highest BCUT2D eigenvalue weighted by atomic mass is 35.5. The Balaban J connectivity index is 2.15. The Bertz CT molecular complexity index is 772. The summed E-state index contributed by atoms with van der Waals surface area (Å²) in [6, 6.07) is 5.02. The number of H-pyrrole nitrogens is 1. The molecule has 0 saturated heterocycles. The zero-order valence-electron chi connectivity index (χ0n) is 12.4. The summed E-state index contributed by atoms with van der Waals surface area (Å²) in [7, 11) is 0. The fourth-order valence-corrected chi connectivity index (χ4v) is 2.63. The van der Waals surface area contributed by atoms with Gasteiger partial charge in [0.25, 0.3) is 5.91 Å². The Morgan fingerprint density at radius 3 is 2.83 bits per heavy atom. The molecule has 0 atom stereocenters. The number of benzene rings is 1. The Hall–Kier alpha value is -1.80. The van der Waals surface area contributed by atoms with Crippen molar-refractivity contribution in [1.82, 2.24) is 20.1 Å². The Morgan fingerprint density at radius 1 is 1.52 bits per heavy atom. The van der Waals surface area contributed by atoms with Crippen molar-refractivity contribution in [1.29, 1.82) is 0 Å². The van der Waals surface area contributed by atoms with Gasteiger partial charge in [0, 0.05) is 16.6 Å². The third-order valence-electron chi connectivity index (χ3n) is 3.17. The van der Waals surface area contributed by atoms with Gasteiger partial charge in [-0.05, 0) is 38.2 Å². The maximum absolute atomic E-state index is 14.2. The summed E-state index contributed by atoms with van der Waals surface area (Å²) in [6.07, 6.45) is 0. The fraction of sp³-hybridized carbons (Fsp3) is 0.357. The predicted octanol–water partition coefficient (Wildman–Crippen LogP) is 3.58. The summed E-state index contributed by atoms with van der Waals surface area (Å²) < 4.78 is 30.4. The number of carbonyl (C=O) groups is 1. The van der Waals surface area contributed by atoms with Crippen molar-refractivity contribution < 1.29 is 13.6 Å². The van der Waals surface area contributed by atoms with Crippen LogP contribution in [0.2, 0.25) is 5.02 Å². The molecule has 0 aliphatic carbocycles. The minimum absolute atomic E-state index is 0.0124. The zero-order chi connectivity index (χ0) is 17.2. The molecule has 0 radical (unpaired) electrons. The molecular weight excluding hydrogens is 346 g/mol. The predicted molar refractivity (Wildman–Crippen MR) is 85.0 cm³/mol. The molecule has 1 aromatic carbocycles. The van der Waals surface area contributed by atoms with Gasteiger partial charge in [0.05, 0.1) is 6.54 Å². The van der Waals surface area contributed by atoms with Crippen molar-refractivity contribution in [3.05, 3.63) is 45.4 Å². The van der Waals surface area contributed by atoms with Gasteiger partial charge in [-0.15, -0.1) is 0 Å². The van der Waals surface area contributed by atoms with E-state index < -0.39 is 17.4 Å². The van der Waals surface area contributed by atoms with Crippen molar-refractivity contribution in [3.63, 3.8) is 0 Å². The number of rotatable bonds is 5. The summed E-state index contributed by atoms with van der Waals surface area (Å²) in [5.41, 5.74) is -0.467. The van der Waals surface area contributed by atoms with Gasteiger partial charge in [-0.1, -0.05) is 23.7 Å². The Morgan fingerprint density at radius 2 is 2.22 bits per heavy atom. The standard InChI is InChI=1S/C14H15ClF2N4OS/c1-8(2)21-11(19-20-13(21)23)7-18-12(22)14(16,17)9-4-3-5-10(15)6-9/h3-6,8H,7H2,1-2H3,(H,18,22)(H,20,23). The molecule has 0 unspecified atom stereocenters.